The predicted octanol–water partition coefficient (Wildman–Crippen LogP) is 2.12. The minimum Gasteiger partial charge on any atom is -0.504 e. The number of nitrogens with one attached hydrogen (secondary N) is 1. The topological polar surface area (TPSA) is 115 Å². The number of hydrazone groups is 1. The van der Waals surface area contributed by atoms with Crippen LogP contribution in [0.5, 0.6) is 17.2 Å². The fourth-order valence-electron chi connectivity index (χ4n) is 2.10. The van der Waals surface area contributed by atoms with Crippen molar-refractivity contribution in [3.8, 4) is 17.2 Å². The van der Waals surface area contributed by atoms with Crippen molar-refractivity contribution in [1.29, 1.82) is 0 Å². The lowest BCUT2D eigenvalue weighted by Gasteiger charge is -2.04. The summed E-state index contributed by atoms with van der Waals surface area (Å²) in [4.78, 5) is 16.3. The summed E-state index contributed by atoms with van der Waals surface area (Å²) in [5.41, 5.74) is 3.31. The van der Waals surface area contributed by atoms with Crippen molar-refractivity contribution in [2.24, 2.45) is 5.10 Å². The standard InChI is InChI=1S/C17H13N3O4/c21-14-8-6-11(15(22)16(14)23)9-18-20-17(24)13-7-5-10-3-1-2-4-12(10)19-13/h1-9,21-23H,(H,20,24). The Labute approximate surface area is 136 Å². The normalized spacial score (nSPS) is 11.0. The van der Waals surface area contributed by atoms with Gasteiger partial charge in [0, 0.05) is 10.9 Å². The molecule has 24 heavy (non-hydrogen) atoms. The lowest BCUT2D eigenvalue weighted by Crippen LogP contribution is -2.18. The van der Waals surface area contributed by atoms with Crippen LogP contribution in [0.2, 0.25) is 0 Å². The van der Waals surface area contributed by atoms with Gasteiger partial charge < -0.3 is 15.3 Å². The first kappa shape index (κ1) is 15.3. The lowest BCUT2D eigenvalue weighted by atomic mass is 10.2. The monoisotopic (exact) mass is 323 g/mol. The van der Waals surface area contributed by atoms with Crippen LogP contribution in [-0.4, -0.2) is 32.4 Å². The number of aromatic hydroxyl groups is 3. The number of carbonyl (C=O) groups excluding carboxylic acids is 1. The number of carbonyl (C=O) groups is 1. The van der Waals surface area contributed by atoms with Gasteiger partial charge in [-0.3, -0.25) is 4.79 Å². The van der Waals surface area contributed by atoms with Crippen LogP contribution in [0.3, 0.4) is 0 Å². The average Bonchev–Trinajstić information content (AvgIpc) is 2.61. The number of phenols is 3. The van der Waals surface area contributed by atoms with E-state index >= 15 is 0 Å². The zero-order valence-corrected chi connectivity index (χ0v) is 12.3. The molecule has 0 aliphatic carbocycles. The summed E-state index contributed by atoms with van der Waals surface area (Å²) in [6, 6.07) is 13.3. The van der Waals surface area contributed by atoms with E-state index in [0.29, 0.717) is 5.52 Å². The molecule has 0 aliphatic rings. The van der Waals surface area contributed by atoms with Crippen LogP contribution < -0.4 is 5.43 Å². The highest BCUT2D eigenvalue weighted by Crippen LogP contribution is 2.36. The van der Waals surface area contributed by atoms with E-state index in [4.69, 9.17) is 0 Å². The molecule has 3 aromatic rings. The first-order valence-electron chi connectivity index (χ1n) is 6.99. The Bertz CT molecular complexity index is 954. The third-order valence-electron chi connectivity index (χ3n) is 3.36. The van der Waals surface area contributed by atoms with Gasteiger partial charge in [0.2, 0.25) is 5.75 Å². The highest BCUT2D eigenvalue weighted by atomic mass is 16.3. The minimum absolute atomic E-state index is 0.136. The van der Waals surface area contributed by atoms with Crippen molar-refractivity contribution >= 4 is 23.0 Å². The number of hydrogen-bond acceptors (Lipinski definition) is 6. The van der Waals surface area contributed by atoms with Crippen LogP contribution in [0.1, 0.15) is 16.1 Å². The highest BCUT2D eigenvalue weighted by molar-refractivity contribution is 5.95. The Balaban J connectivity index is 1.76. The largest absolute Gasteiger partial charge is 0.504 e. The molecule has 1 aromatic heterocycles. The molecule has 0 radical (unpaired) electrons. The third-order valence-corrected chi connectivity index (χ3v) is 3.36. The summed E-state index contributed by atoms with van der Waals surface area (Å²) < 4.78 is 0. The van der Waals surface area contributed by atoms with Crippen molar-refractivity contribution in [1.82, 2.24) is 10.4 Å². The van der Waals surface area contributed by atoms with E-state index in [1.54, 1.807) is 18.2 Å². The lowest BCUT2D eigenvalue weighted by molar-refractivity contribution is 0.0950. The van der Waals surface area contributed by atoms with Crippen molar-refractivity contribution in [3.63, 3.8) is 0 Å². The summed E-state index contributed by atoms with van der Waals surface area (Å²) in [5.74, 6) is -2.15. The van der Waals surface area contributed by atoms with Crippen LogP contribution in [0, 0.1) is 0 Å². The Morgan fingerprint density at radius 1 is 1.00 bits per heavy atom. The van der Waals surface area contributed by atoms with Gasteiger partial charge in [0.25, 0.3) is 5.91 Å². The van der Waals surface area contributed by atoms with E-state index in [-0.39, 0.29) is 11.3 Å². The van der Waals surface area contributed by atoms with Crippen LogP contribution in [0.15, 0.2) is 53.6 Å². The van der Waals surface area contributed by atoms with Crippen molar-refractivity contribution in [3.05, 3.63) is 59.8 Å². The molecule has 1 heterocycles. The SMILES string of the molecule is O=C(NN=Cc1ccc(O)c(O)c1O)c1ccc2ccccc2n1. The second-order valence-corrected chi connectivity index (χ2v) is 4.96. The smallest absolute Gasteiger partial charge is 0.289 e. The Morgan fingerprint density at radius 3 is 2.62 bits per heavy atom. The van der Waals surface area contributed by atoms with Gasteiger partial charge in [-0.1, -0.05) is 24.3 Å². The minimum atomic E-state index is -0.651. The molecule has 7 heteroatoms. The van der Waals surface area contributed by atoms with Gasteiger partial charge in [-0.05, 0) is 24.3 Å². The molecule has 0 saturated carbocycles. The van der Waals surface area contributed by atoms with Crippen molar-refractivity contribution < 1.29 is 20.1 Å². The van der Waals surface area contributed by atoms with E-state index in [2.05, 4.69) is 15.5 Å². The fraction of sp³-hybridized carbons (Fsp3) is 0. The number of phenolic OH excluding ortho intramolecular Hbond substituents is 3. The zero-order chi connectivity index (χ0) is 17.1. The van der Waals surface area contributed by atoms with Crippen LogP contribution in [0.4, 0.5) is 0 Å². The van der Waals surface area contributed by atoms with E-state index in [1.807, 2.05) is 18.2 Å². The molecule has 0 bridgehead atoms. The molecule has 0 fully saturated rings. The number of para-hydroxylation sites is 1. The van der Waals surface area contributed by atoms with Gasteiger partial charge in [-0.25, -0.2) is 10.4 Å². The van der Waals surface area contributed by atoms with Crippen LogP contribution in [-0.2, 0) is 0 Å². The molecule has 7 nitrogen and oxygen atoms in total. The first-order valence-corrected chi connectivity index (χ1v) is 6.99. The molecule has 2 aromatic carbocycles. The quantitative estimate of drug-likeness (QED) is 0.335. The number of nitrogens with zero attached hydrogens (tertiary/aromatic N) is 2. The van der Waals surface area contributed by atoms with E-state index in [9.17, 15) is 20.1 Å². The molecule has 0 unspecified atom stereocenters. The maximum Gasteiger partial charge on any atom is 0.289 e. The predicted molar refractivity (Wildman–Crippen MR) is 88.2 cm³/mol. The summed E-state index contributed by atoms with van der Waals surface area (Å²) in [7, 11) is 0. The average molecular weight is 323 g/mol. The van der Waals surface area contributed by atoms with Gasteiger partial charge >= 0.3 is 0 Å². The van der Waals surface area contributed by atoms with Gasteiger partial charge in [-0.15, -0.1) is 0 Å². The number of benzene rings is 2. The Hall–Kier alpha value is -3.61. The molecule has 3 rings (SSSR count). The molecule has 120 valence electrons. The molecular formula is C17H13N3O4. The first-order chi connectivity index (χ1) is 11.6. The molecule has 0 saturated heterocycles. The second-order valence-electron chi connectivity index (χ2n) is 4.96. The number of hydrogen-bond donors (Lipinski definition) is 4. The molecule has 0 aliphatic heterocycles. The molecule has 4 N–H and O–H groups in total. The van der Waals surface area contributed by atoms with Gasteiger partial charge in [0.1, 0.15) is 5.69 Å². The number of aromatic nitrogens is 1. The fourth-order valence-corrected chi connectivity index (χ4v) is 2.10. The highest BCUT2D eigenvalue weighted by Gasteiger charge is 2.10. The summed E-state index contributed by atoms with van der Waals surface area (Å²) in [5, 5.41) is 32.9. The van der Waals surface area contributed by atoms with Gasteiger partial charge in [0.05, 0.1) is 11.7 Å². The Kier molecular flexibility index (Phi) is 3.98. The maximum absolute atomic E-state index is 12.0. The molecule has 0 spiro atoms. The van der Waals surface area contributed by atoms with E-state index in [0.717, 1.165) is 11.6 Å². The number of fused-ring (bicyclic) bond motifs is 1. The van der Waals surface area contributed by atoms with Crippen molar-refractivity contribution in [2.75, 3.05) is 0 Å². The van der Waals surface area contributed by atoms with Crippen LogP contribution >= 0.6 is 0 Å². The summed E-state index contributed by atoms with van der Waals surface area (Å²) in [6.45, 7) is 0. The number of rotatable bonds is 3. The second kappa shape index (κ2) is 6.25. The molecule has 1 amide bonds. The van der Waals surface area contributed by atoms with E-state index in [1.165, 1.54) is 12.1 Å². The molecule has 0 atom stereocenters. The maximum atomic E-state index is 12.0. The Morgan fingerprint density at radius 2 is 1.79 bits per heavy atom. The summed E-state index contributed by atoms with van der Waals surface area (Å²) >= 11 is 0. The number of amides is 1. The van der Waals surface area contributed by atoms with Gasteiger partial charge in [0.15, 0.2) is 11.5 Å². The zero-order valence-electron chi connectivity index (χ0n) is 12.3. The molecular weight excluding hydrogens is 310 g/mol. The third kappa shape index (κ3) is 2.95. The van der Waals surface area contributed by atoms with E-state index < -0.39 is 23.2 Å². The van der Waals surface area contributed by atoms with Crippen molar-refractivity contribution in [2.45, 2.75) is 0 Å². The number of pyridine rings is 1. The summed E-state index contributed by atoms with van der Waals surface area (Å²) in [6.07, 6.45) is 1.15. The van der Waals surface area contributed by atoms with Crippen LogP contribution in [0.25, 0.3) is 10.9 Å². The van der Waals surface area contributed by atoms with Gasteiger partial charge in [-0.2, -0.15) is 5.10 Å².